The van der Waals surface area contributed by atoms with Crippen LogP contribution in [0, 0.1) is 17.8 Å². The first-order chi connectivity index (χ1) is 15.6. The van der Waals surface area contributed by atoms with Gasteiger partial charge in [0.2, 0.25) is 15.9 Å². The molecule has 0 unspecified atom stereocenters. The van der Waals surface area contributed by atoms with Crippen LogP contribution in [0.4, 0.5) is 0 Å². The summed E-state index contributed by atoms with van der Waals surface area (Å²) in [5.41, 5.74) is 1.78. The predicted molar refractivity (Wildman–Crippen MR) is 130 cm³/mol. The van der Waals surface area contributed by atoms with E-state index in [4.69, 9.17) is 21.1 Å². The molecule has 1 atom stereocenters. The van der Waals surface area contributed by atoms with Gasteiger partial charge < -0.3 is 14.8 Å². The Hall–Kier alpha value is -2.73. The van der Waals surface area contributed by atoms with Crippen LogP contribution in [-0.2, 0) is 21.2 Å². The molecule has 33 heavy (non-hydrogen) atoms. The van der Waals surface area contributed by atoms with Gasteiger partial charge in [0.05, 0.1) is 13.4 Å². The molecule has 0 bridgehead atoms. The van der Waals surface area contributed by atoms with E-state index in [0.29, 0.717) is 29.5 Å². The molecule has 0 saturated heterocycles. The molecule has 0 fully saturated rings. The summed E-state index contributed by atoms with van der Waals surface area (Å²) in [7, 11) is -1.94. The molecule has 7 nitrogen and oxygen atoms in total. The van der Waals surface area contributed by atoms with Crippen LogP contribution in [0.15, 0.2) is 42.5 Å². The summed E-state index contributed by atoms with van der Waals surface area (Å²) in [5.74, 6) is 6.54. The van der Waals surface area contributed by atoms with E-state index in [-0.39, 0.29) is 18.4 Å². The Morgan fingerprint density at radius 1 is 1.12 bits per heavy atom. The zero-order valence-corrected chi connectivity index (χ0v) is 20.7. The number of methoxy groups -OCH3 is 1. The maximum atomic E-state index is 12.4. The number of sulfonamides is 1. The van der Waals surface area contributed by atoms with Gasteiger partial charge in [0.15, 0.2) is 11.5 Å². The molecule has 0 aliphatic heterocycles. The van der Waals surface area contributed by atoms with E-state index in [2.05, 4.69) is 21.9 Å². The highest BCUT2D eigenvalue weighted by Crippen LogP contribution is 2.28. The highest BCUT2D eigenvalue weighted by atomic mass is 35.5. The number of nitrogens with one attached hydrogen (secondary N) is 2. The van der Waals surface area contributed by atoms with Crippen molar-refractivity contribution in [1.29, 1.82) is 0 Å². The van der Waals surface area contributed by atoms with Crippen molar-refractivity contribution in [3.05, 3.63) is 58.6 Å². The quantitative estimate of drug-likeness (QED) is 0.497. The van der Waals surface area contributed by atoms with Gasteiger partial charge in [0.1, 0.15) is 12.6 Å². The van der Waals surface area contributed by atoms with Crippen LogP contribution in [0.5, 0.6) is 11.5 Å². The van der Waals surface area contributed by atoms with Gasteiger partial charge in [0.25, 0.3) is 0 Å². The third-order valence-electron chi connectivity index (χ3n) is 4.61. The van der Waals surface area contributed by atoms with Crippen molar-refractivity contribution in [2.24, 2.45) is 5.92 Å². The first kappa shape index (κ1) is 26.5. The average molecular weight is 493 g/mol. The summed E-state index contributed by atoms with van der Waals surface area (Å²) in [6, 6.07) is 11.9. The normalized spacial score (nSPS) is 11.9. The number of halogens is 1. The number of carbonyl (C=O) groups excluding carboxylic acids is 1. The maximum Gasteiger partial charge on any atom is 0.238 e. The number of rotatable bonds is 10. The molecule has 0 aliphatic rings. The minimum absolute atomic E-state index is 0.181. The Morgan fingerprint density at radius 2 is 1.82 bits per heavy atom. The second kappa shape index (κ2) is 12.5. The summed E-state index contributed by atoms with van der Waals surface area (Å²) < 4.78 is 36.5. The second-order valence-electron chi connectivity index (χ2n) is 7.74. The SMILES string of the molecule is COc1cc(CCNC(=O)[C@@H](NS(C)(=O)=O)C(C)C)ccc1OCC#Cc1ccc(Cl)cc1. The lowest BCUT2D eigenvalue weighted by Gasteiger charge is -2.20. The van der Waals surface area contributed by atoms with Crippen molar-refractivity contribution in [2.75, 3.05) is 26.5 Å². The molecule has 9 heteroatoms. The number of ether oxygens (including phenoxy) is 2. The molecule has 2 N–H and O–H groups in total. The second-order valence-corrected chi connectivity index (χ2v) is 9.95. The smallest absolute Gasteiger partial charge is 0.238 e. The Balaban J connectivity index is 1.91. The van der Waals surface area contributed by atoms with Crippen molar-refractivity contribution < 1.29 is 22.7 Å². The maximum absolute atomic E-state index is 12.4. The molecule has 0 aromatic heterocycles. The third-order valence-corrected chi connectivity index (χ3v) is 5.54. The summed E-state index contributed by atoms with van der Waals surface area (Å²) in [4.78, 5) is 12.4. The third kappa shape index (κ3) is 9.34. The van der Waals surface area contributed by atoms with E-state index in [1.807, 2.05) is 24.3 Å². The van der Waals surface area contributed by atoms with Gasteiger partial charge in [-0.05, 0) is 54.3 Å². The largest absolute Gasteiger partial charge is 0.493 e. The van der Waals surface area contributed by atoms with Crippen molar-refractivity contribution in [3.63, 3.8) is 0 Å². The zero-order valence-electron chi connectivity index (χ0n) is 19.1. The molecule has 2 aromatic carbocycles. The molecule has 0 heterocycles. The van der Waals surface area contributed by atoms with Crippen LogP contribution in [0.2, 0.25) is 5.02 Å². The molecule has 2 rings (SSSR count). The zero-order chi connectivity index (χ0) is 24.4. The number of amides is 1. The van der Waals surface area contributed by atoms with Crippen LogP contribution in [0.25, 0.3) is 0 Å². The van der Waals surface area contributed by atoms with Gasteiger partial charge in [-0.2, -0.15) is 0 Å². The lowest BCUT2D eigenvalue weighted by Crippen LogP contribution is -2.49. The summed E-state index contributed by atoms with van der Waals surface area (Å²) in [6.07, 6.45) is 1.58. The molecule has 0 saturated carbocycles. The molecule has 1 amide bonds. The molecule has 0 spiro atoms. The van der Waals surface area contributed by atoms with Crippen molar-refractivity contribution >= 4 is 27.5 Å². The lowest BCUT2D eigenvalue weighted by atomic mass is 10.0. The van der Waals surface area contributed by atoms with Gasteiger partial charge in [-0.15, -0.1) is 0 Å². The van der Waals surface area contributed by atoms with Crippen LogP contribution in [0.3, 0.4) is 0 Å². The average Bonchev–Trinajstić information content (AvgIpc) is 2.76. The number of benzene rings is 2. The Morgan fingerprint density at radius 3 is 2.42 bits per heavy atom. The summed E-state index contributed by atoms with van der Waals surface area (Å²) in [6.45, 7) is 4.11. The summed E-state index contributed by atoms with van der Waals surface area (Å²) >= 11 is 5.86. The molecule has 0 radical (unpaired) electrons. The minimum Gasteiger partial charge on any atom is -0.493 e. The molecule has 178 valence electrons. The molecule has 0 aliphatic carbocycles. The fourth-order valence-corrected chi connectivity index (χ4v) is 3.90. The van der Waals surface area contributed by atoms with Crippen molar-refractivity contribution in [2.45, 2.75) is 26.3 Å². The molecular formula is C24H29ClN2O5S. The number of carbonyl (C=O) groups is 1. The van der Waals surface area contributed by atoms with Crippen LogP contribution >= 0.6 is 11.6 Å². The van der Waals surface area contributed by atoms with Gasteiger partial charge in [-0.1, -0.05) is 43.4 Å². The highest BCUT2D eigenvalue weighted by molar-refractivity contribution is 7.88. The first-order valence-corrected chi connectivity index (χ1v) is 12.6. The van der Waals surface area contributed by atoms with E-state index >= 15 is 0 Å². The lowest BCUT2D eigenvalue weighted by molar-refractivity contribution is -0.123. The molecule has 2 aromatic rings. The fourth-order valence-electron chi connectivity index (χ4n) is 2.93. The van der Waals surface area contributed by atoms with Crippen LogP contribution in [-0.4, -0.2) is 46.9 Å². The van der Waals surface area contributed by atoms with Crippen molar-refractivity contribution in [3.8, 4) is 23.3 Å². The Kier molecular flexibility index (Phi) is 10.0. The van der Waals surface area contributed by atoms with E-state index in [9.17, 15) is 13.2 Å². The standard InChI is InChI=1S/C24H29ClN2O5S/c1-17(2)23(27-33(4,29)30)24(28)26-14-13-19-9-12-21(22(16-19)31-3)32-15-5-6-18-7-10-20(25)11-8-18/h7-12,16-17,23,27H,13-15H2,1-4H3,(H,26,28)/t23-/m0/s1. The number of hydrogen-bond donors (Lipinski definition) is 2. The predicted octanol–water partition coefficient (Wildman–Crippen LogP) is 3.01. The highest BCUT2D eigenvalue weighted by Gasteiger charge is 2.24. The topological polar surface area (TPSA) is 93.7 Å². The van der Waals surface area contributed by atoms with E-state index in [1.165, 1.54) is 0 Å². The monoisotopic (exact) mass is 492 g/mol. The fraction of sp³-hybridized carbons (Fsp3) is 0.375. The van der Waals surface area contributed by atoms with Gasteiger partial charge in [-0.3, -0.25) is 4.79 Å². The van der Waals surface area contributed by atoms with E-state index < -0.39 is 16.1 Å². The Bertz CT molecular complexity index is 1110. The van der Waals surface area contributed by atoms with E-state index in [1.54, 1.807) is 39.2 Å². The Labute approximate surface area is 200 Å². The van der Waals surface area contributed by atoms with Crippen LogP contribution < -0.4 is 19.5 Å². The first-order valence-electron chi connectivity index (χ1n) is 10.4. The minimum atomic E-state index is -3.49. The van der Waals surface area contributed by atoms with Gasteiger partial charge in [-0.25, -0.2) is 13.1 Å². The van der Waals surface area contributed by atoms with Crippen molar-refractivity contribution in [1.82, 2.24) is 10.0 Å². The van der Waals surface area contributed by atoms with Gasteiger partial charge in [0, 0.05) is 17.1 Å². The summed E-state index contributed by atoms with van der Waals surface area (Å²) in [5, 5.41) is 3.44. The molecular weight excluding hydrogens is 464 g/mol. The number of hydrogen-bond acceptors (Lipinski definition) is 5. The van der Waals surface area contributed by atoms with Gasteiger partial charge >= 0.3 is 0 Å². The van der Waals surface area contributed by atoms with E-state index in [0.717, 1.165) is 17.4 Å². The van der Waals surface area contributed by atoms with Crippen LogP contribution in [0.1, 0.15) is 25.0 Å².